The van der Waals surface area contributed by atoms with Gasteiger partial charge in [0, 0.05) is 23.1 Å². The number of carbonyl (C=O) groups excluding carboxylic acids is 2. The zero-order chi connectivity index (χ0) is 30.3. The van der Waals surface area contributed by atoms with Gasteiger partial charge in [0.1, 0.15) is 11.6 Å². The summed E-state index contributed by atoms with van der Waals surface area (Å²) in [7, 11) is 1.56. The van der Waals surface area contributed by atoms with E-state index in [1.165, 1.54) is 0 Å². The van der Waals surface area contributed by atoms with Crippen LogP contribution in [0.1, 0.15) is 53.9 Å². The van der Waals surface area contributed by atoms with E-state index in [4.69, 9.17) is 18.6 Å². The zero-order valence-electron chi connectivity index (χ0n) is 24.9. The smallest absolute Gasteiger partial charge is 0.329 e. The van der Waals surface area contributed by atoms with Crippen molar-refractivity contribution in [3.8, 4) is 22.8 Å². The van der Waals surface area contributed by atoms with Gasteiger partial charge in [-0.25, -0.2) is 9.78 Å². The van der Waals surface area contributed by atoms with Crippen molar-refractivity contribution < 1.29 is 28.2 Å². The number of hydrogen-bond acceptors (Lipinski definition) is 9. The lowest BCUT2D eigenvalue weighted by atomic mass is 10.0. The summed E-state index contributed by atoms with van der Waals surface area (Å²) >= 11 is 0. The number of nitrogens with zero attached hydrogens (tertiary/aromatic N) is 2. The monoisotopic (exact) mass is 577 g/mol. The van der Waals surface area contributed by atoms with E-state index in [0.717, 1.165) is 22.2 Å². The summed E-state index contributed by atoms with van der Waals surface area (Å²) in [5.41, 5.74) is 1.91. The Morgan fingerprint density at radius 3 is 2.62 bits per heavy atom. The minimum Gasteiger partial charge on any atom is -0.493 e. The molecule has 0 fully saturated rings. The average molecular weight is 578 g/mol. The number of rotatable bonds is 13. The van der Waals surface area contributed by atoms with Gasteiger partial charge >= 0.3 is 5.97 Å². The molecule has 0 aliphatic carbocycles. The number of nitrogens with one attached hydrogen (secondary N) is 3. The number of esters is 1. The summed E-state index contributed by atoms with van der Waals surface area (Å²) in [4.78, 5) is 29.5. The molecule has 0 spiro atoms. The molecule has 4 rings (SSSR count). The van der Waals surface area contributed by atoms with Crippen molar-refractivity contribution in [2.24, 2.45) is 5.92 Å². The third-order valence-corrected chi connectivity index (χ3v) is 6.18. The molecular formula is C31H39N5O6. The Morgan fingerprint density at radius 2 is 1.88 bits per heavy atom. The van der Waals surface area contributed by atoms with Gasteiger partial charge < -0.3 is 29.3 Å². The maximum Gasteiger partial charge on any atom is 0.329 e. The molecule has 1 atom stereocenters. The molecule has 1 amide bonds. The molecule has 0 saturated carbocycles. The van der Waals surface area contributed by atoms with E-state index in [9.17, 15) is 9.59 Å². The maximum absolute atomic E-state index is 12.6. The van der Waals surface area contributed by atoms with Crippen molar-refractivity contribution in [2.75, 3.05) is 19.0 Å². The molecule has 2 aromatic carbocycles. The van der Waals surface area contributed by atoms with Crippen molar-refractivity contribution in [1.82, 2.24) is 20.5 Å². The fourth-order valence-corrected chi connectivity index (χ4v) is 4.29. The van der Waals surface area contributed by atoms with E-state index in [-0.39, 0.29) is 18.2 Å². The molecule has 42 heavy (non-hydrogen) atoms. The van der Waals surface area contributed by atoms with Crippen molar-refractivity contribution in [2.45, 2.75) is 65.5 Å². The quantitative estimate of drug-likeness (QED) is 0.129. The normalized spacial score (nSPS) is 12.3. The van der Waals surface area contributed by atoms with Gasteiger partial charge in [-0.1, -0.05) is 13.8 Å². The standard InChI is InChI=1S/C31H39N5O6/c1-19(2)14-24(29(38)42-31(3,4)5)35-28(37)8-7-13-40-25-12-9-20(16-26(25)39-6)27-18-32-30(41-27)34-22-10-11-23-21(15-22)17-33-36-23/h9-12,15-19,24H,7-8,13-14H2,1-6H3,(H,32,34)(H,33,36)(H,35,37). The number of methoxy groups -OCH3 is 1. The second-order valence-corrected chi connectivity index (χ2v) is 11.4. The Morgan fingerprint density at radius 1 is 1.07 bits per heavy atom. The molecule has 11 heteroatoms. The lowest BCUT2D eigenvalue weighted by Gasteiger charge is -2.25. The summed E-state index contributed by atoms with van der Waals surface area (Å²) < 4.78 is 22.8. The van der Waals surface area contributed by atoms with E-state index >= 15 is 0 Å². The summed E-state index contributed by atoms with van der Waals surface area (Å²) in [6.07, 6.45) is 4.56. The number of H-pyrrole nitrogens is 1. The highest BCUT2D eigenvalue weighted by Gasteiger charge is 2.27. The van der Waals surface area contributed by atoms with Gasteiger partial charge in [-0.2, -0.15) is 5.10 Å². The summed E-state index contributed by atoms with van der Waals surface area (Å²) in [5, 5.41) is 13.9. The van der Waals surface area contributed by atoms with Crippen molar-refractivity contribution in [1.29, 1.82) is 0 Å². The third kappa shape index (κ3) is 8.48. The van der Waals surface area contributed by atoms with Crippen LogP contribution < -0.4 is 20.1 Å². The number of aromatic nitrogens is 3. The van der Waals surface area contributed by atoms with Crippen LogP contribution in [0.25, 0.3) is 22.2 Å². The molecule has 0 aliphatic heterocycles. The molecule has 4 aromatic rings. The molecule has 0 bridgehead atoms. The highest BCUT2D eigenvalue weighted by atomic mass is 16.6. The minimum absolute atomic E-state index is 0.208. The van der Waals surface area contributed by atoms with Crippen molar-refractivity contribution >= 4 is 34.5 Å². The number of anilines is 2. The number of oxazole rings is 1. The van der Waals surface area contributed by atoms with Crippen molar-refractivity contribution in [3.05, 3.63) is 48.8 Å². The van der Waals surface area contributed by atoms with E-state index in [1.807, 2.05) is 58.9 Å². The molecule has 1 unspecified atom stereocenters. The molecule has 11 nitrogen and oxygen atoms in total. The number of aromatic amines is 1. The van der Waals surface area contributed by atoms with Gasteiger partial charge in [-0.15, -0.1) is 0 Å². The molecule has 224 valence electrons. The van der Waals surface area contributed by atoms with Gasteiger partial charge in [0.2, 0.25) is 5.91 Å². The number of benzene rings is 2. The van der Waals surface area contributed by atoms with E-state index in [2.05, 4.69) is 25.8 Å². The van der Waals surface area contributed by atoms with Crippen molar-refractivity contribution in [3.63, 3.8) is 0 Å². The maximum atomic E-state index is 12.6. The first-order chi connectivity index (χ1) is 20.0. The number of carbonyl (C=O) groups is 2. The second kappa shape index (κ2) is 13.4. The minimum atomic E-state index is -0.683. The van der Waals surface area contributed by atoms with Crippen LogP contribution in [0.3, 0.4) is 0 Å². The predicted molar refractivity (Wildman–Crippen MR) is 160 cm³/mol. The van der Waals surface area contributed by atoms with E-state index < -0.39 is 17.6 Å². The molecule has 3 N–H and O–H groups in total. The van der Waals surface area contributed by atoms with Crippen LogP contribution in [0, 0.1) is 5.92 Å². The zero-order valence-corrected chi connectivity index (χ0v) is 24.9. The van der Waals surface area contributed by atoms with Gasteiger partial charge in [0.05, 0.1) is 31.6 Å². The summed E-state index contributed by atoms with van der Waals surface area (Å²) in [6.45, 7) is 9.71. The first kappa shape index (κ1) is 30.4. The Labute approximate surface area is 245 Å². The van der Waals surface area contributed by atoms with Crippen LogP contribution in [0.15, 0.2) is 53.2 Å². The highest BCUT2D eigenvalue weighted by molar-refractivity contribution is 5.84. The molecule has 0 radical (unpaired) electrons. The van der Waals surface area contributed by atoms with Crippen LogP contribution in [0.5, 0.6) is 11.5 Å². The number of fused-ring (bicyclic) bond motifs is 1. The number of hydrogen-bond donors (Lipinski definition) is 3. The Kier molecular flexibility index (Phi) is 9.72. The fraction of sp³-hybridized carbons (Fsp3) is 0.419. The van der Waals surface area contributed by atoms with Crippen LogP contribution in [0.2, 0.25) is 0 Å². The topological polar surface area (TPSA) is 141 Å². The predicted octanol–water partition coefficient (Wildman–Crippen LogP) is 6.00. The van der Waals surface area contributed by atoms with Gasteiger partial charge in [-0.3, -0.25) is 9.89 Å². The SMILES string of the molecule is COc1cc(-c2cnc(Nc3ccc4[nH]ncc4c3)o2)ccc1OCCCC(=O)NC(CC(C)C)C(=O)OC(C)(C)C. The molecule has 2 aromatic heterocycles. The first-order valence-corrected chi connectivity index (χ1v) is 14.0. The van der Waals surface area contributed by atoms with Crippen LogP contribution in [-0.4, -0.2) is 52.4 Å². The largest absolute Gasteiger partial charge is 0.493 e. The molecular weight excluding hydrogens is 538 g/mol. The van der Waals surface area contributed by atoms with E-state index in [1.54, 1.807) is 31.6 Å². The Bertz CT molecular complexity index is 1500. The lowest BCUT2D eigenvalue weighted by Crippen LogP contribution is -2.44. The fourth-order valence-electron chi connectivity index (χ4n) is 4.29. The Balaban J connectivity index is 1.29. The van der Waals surface area contributed by atoms with Gasteiger partial charge in [0.25, 0.3) is 6.01 Å². The number of amides is 1. The Hall–Kier alpha value is -4.54. The molecule has 0 aliphatic rings. The number of ether oxygens (including phenoxy) is 3. The van der Waals surface area contributed by atoms with Gasteiger partial charge in [-0.05, 0) is 75.9 Å². The first-order valence-electron chi connectivity index (χ1n) is 14.0. The van der Waals surface area contributed by atoms with Crippen LogP contribution in [-0.2, 0) is 14.3 Å². The summed E-state index contributed by atoms with van der Waals surface area (Å²) in [5.74, 6) is 1.20. The van der Waals surface area contributed by atoms with Crippen LogP contribution >= 0.6 is 0 Å². The third-order valence-electron chi connectivity index (χ3n) is 6.18. The van der Waals surface area contributed by atoms with Crippen LogP contribution in [0.4, 0.5) is 11.7 Å². The lowest BCUT2D eigenvalue weighted by molar-refractivity contribution is -0.159. The molecule has 2 heterocycles. The summed E-state index contributed by atoms with van der Waals surface area (Å²) in [6, 6.07) is 10.9. The average Bonchev–Trinajstić information content (AvgIpc) is 3.59. The second-order valence-electron chi connectivity index (χ2n) is 11.4. The molecule has 0 saturated heterocycles. The van der Waals surface area contributed by atoms with E-state index in [0.29, 0.717) is 42.7 Å². The highest BCUT2D eigenvalue weighted by Crippen LogP contribution is 2.34. The van der Waals surface area contributed by atoms with Gasteiger partial charge in [0.15, 0.2) is 17.3 Å².